The van der Waals surface area contributed by atoms with Gasteiger partial charge in [0.25, 0.3) is 0 Å². The van der Waals surface area contributed by atoms with Gasteiger partial charge < -0.3 is 9.57 Å². The van der Waals surface area contributed by atoms with Gasteiger partial charge in [-0.15, -0.1) is 0 Å². The highest BCUT2D eigenvalue weighted by atomic mass is 19.2. The van der Waals surface area contributed by atoms with Crippen molar-refractivity contribution in [2.24, 2.45) is 5.90 Å². The van der Waals surface area contributed by atoms with Crippen LogP contribution in [0.2, 0.25) is 0 Å². The van der Waals surface area contributed by atoms with Gasteiger partial charge in [0.05, 0.1) is 13.7 Å². The summed E-state index contributed by atoms with van der Waals surface area (Å²) in [5.41, 5.74) is -0.0452. The van der Waals surface area contributed by atoms with Crippen LogP contribution in [0.1, 0.15) is 5.56 Å². The van der Waals surface area contributed by atoms with Crippen molar-refractivity contribution in [3.63, 3.8) is 0 Å². The topological polar surface area (TPSA) is 44.5 Å². The Morgan fingerprint density at radius 2 is 1.93 bits per heavy atom. The Bertz CT molecular complexity index is 358. The molecule has 0 amide bonds. The first-order valence-electron chi connectivity index (χ1n) is 4.13. The van der Waals surface area contributed by atoms with Crippen LogP contribution in [-0.2, 0) is 11.3 Å². The van der Waals surface area contributed by atoms with E-state index in [-0.39, 0.29) is 18.6 Å². The molecule has 0 aliphatic carbocycles. The van der Waals surface area contributed by atoms with Crippen molar-refractivity contribution in [2.45, 2.75) is 6.42 Å². The molecule has 0 saturated heterocycles. The lowest BCUT2D eigenvalue weighted by atomic mass is 10.1. The maximum absolute atomic E-state index is 13.4. The largest absolute Gasteiger partial charge is 0.491 e. The van der Waals surface area contributed by atoms with Crippen molar-refractivity contribution in [3.05, 3.63) is 29.1 Å². The fourth-order valence-electron chi connectivity index (χ4n) is 1.16. The van der Waals surface area contributed by atoms with Crippen molar-refractivity contribution >= 4 is 0 Å². The fraction of sp³-hybridized carbons (Fsp3) is 0.333. The van der Waals surface area contributed by atoms with Crippen molar-refractivity contribution in [2.75, 3.05) is 13.7 Å². The summed E-state index contributed by atoms with van der Waals surface area (Å²) >= 11 is 0. The van der Waals surface area contributed by atoms with E-state index in [0.717, 1.165) is 13.2 Å². The summed E-state index contributed by atoms with van der Waals surface area (Å²) < 4.78 is 43.7. The lowest BCUT2D eigenvalue weighted by Gasteiger charge is -2.08. The molecule has 0 aromatic heterocycles. The number of halogens is 3. The third-order valence-electron chi connectivity index (χ3n) is 1.88. The minimum atomic E-state index is -1.34. The highest BCUT2D eigenvalue weighted by Gasteiger charge is 2.18. The Kier molecular flexibility index (Phi) is 3.93. The van der Waals surface area contributed by atoms with Gasteiger partial charge in [-0.25, -0.2) is 14.7 Å². The molecule has 84 valence electrons. The number of ether oxygens (including phenoxy) is 1. The highest BCUT2D eigenvalue weighted by molar-refractivity contribution is 5.33. The zero-order chi connectivity index (χ0) is 11.4. The Morgan fingerprint density at radius 1 is 1.27 bits per heavy atom. The summed E-state index contributed by atoms with van der Waals surface area (Å²) in [5.74, 6) is 0.566. The molecule has 0 spiro atoms. The fourth-order valence-corrected chi connectivity index (χ4v) is 1.16. The Balaban J connectivity index is 3.12. The standard InChI is InChI=1S/C9H10F3NO2/c1-14-9-7(11)5(2-3-15-13)4-6(10)8(9)12/h4H,2-3,13H2,1H3. The van der Waals surface area contributed by atoms with Crippen LogP contribution in [0.3, 0.4) is 0 Å². The van der Waals surface area contributed by atoms with Crippen LogP contribution < -0.4 is 10.6 Å². The average Bonchev–Trinajstić information content (AvgIpc) is 2.22. The molecule has 0 bridgehead atoms. The zero-order valence-electron chi connectivity index (χ0n) is 8.02. The molecule has 0 radical (unpaired) electrons. The van der Waals surface area contributed by atoms with Crippen LogP contribution in [-0.4, -0.2) is 13.7 Å². The predicted octanol–water partition coefficient (Wildman–Crippen LogP) is 1.55. The maximum atomic E-state index is 13.4. The Hall–Kier alpha value is -1.27. The number of benzene rings is 1. The SMILES string of the molecule is COc1c(F)c(F)cc(CCON)c1F. The minimum Gasteiger partial charge on any atom is -0.491 e. The monoisotopic (exact) mass is 221 g/mol. The molecule has 0 atom stereocenters. The van der Waals surface area contributed by atoms with Crippen LogP contribution in [0.5, 0.6) is 5.75 Å². The highest BCUT2D eigenvalue weighted by Crippen LogP contribution is 2.27. The zero-order valence-corrected chi connectivity index (χ0v) is 8.02. The van der Waals surface area contributed by atoms with E-state index in [9.17, 15) is 13.2 Å². The summed E-state index contributed by atoms with van der Waals surface area (Å²) in [5, 5.41) is 0. The van der Waals surface area contributed by atoms with Crippen LogP contribution in [0.4, 0.5) is 13.2 Å². The molecule has 1 aromatic carbocycles. The second-order valence-electron chi connectivity index (χ2n) is 2.80. The van der Waals surface area contributed by atoms with E-state index in [1.165, 1.54) is 0 Å². The third-order valence-corrected chi connectivity index (χ3v) is 1.88. The molecule has 0 aliphatic rings. The van der Waals surface area contributed by atoms with Gasteiger partial charge in [-0.1, -0.05) is 0 Å². The van der Waals surface area contributed by atoms with E-state index in [1.807, 2.05) is 0 Å². The molecule has 3 nitrogen and oxygen atoms in total. The lowest BCUT2D eigenvalue weighted by Crippen LogP contribution is -2.07. The molecule has 0 heterocycles. The van der Waals surface area contributed by atoms with Gasteiger partial charge in [0.1, 0.15) is 0 Å². The van der Waals surface area contributed by atoms with Crippen LogP contribution in [0, 0.1) is 17.5 Å². The molecule has 0 aliphatic heterocycles. The number of rotatable bonds is 4. The molecule has 0 fully saturated rings. The predicted molar refractivity (Wildman–Crippen MR) is 46.7 cm³/mol. The smallest absolute Gasteiger partial charge is 0.203 e. The molecule has 15 heavy (non-hydrogen) atoms. The van der Waals surface area contributed by atoms with Gasteiger partial charge in [0.15, 0.2) is 17.4 Å². The van der Waals surface area contributed by atoms with E-state index in [0.29, 0.717) is 0 Å². The Labute approximate surface area is 84.5 Å². The first-order chi connectivity index (χ1) is 7.11. The molecule has 0 unspecified atom stereocenters. The van der Waals surface area contributed by atoms with E-state index >= 15 is 0 Å². The first kappa shape index (κ1) is 11.8. The van der Waals surface area contributed by atoms with Gasteiger partial charge in [-0.3, -0.25) is 0 Å². The van der Waals surface area contributed by atoms with Gasteiger partial charge >= 0.3 is 0 Å². The molecular formula is C9H10F3NO2. The number of nitrogens with two attached hydrogens (primary N) is 1. The van der Waals surface area contributed by atoms with Gasteiger partial charge in [-0.05, 0) is 11.6 Å². The lowest BCUT2D eigenvalue weighted by molar-refractivity contribution is 0.140. The molecular weight excluding hydrogens is 211 g/mol. The minimum absolute atomic E-state index is 0.00511. The van der Waals surface area contributed by atoms with E-state index in [4.69, 9.17) is 5.90 Å². The molecule has 2 N–H and O–H groups in total. The second kappa shape index (κ2) is 4.99. The summed E-state index contributed by atoms with van der Waals surface area (Å²) in [4.78, 5) is 4.22. The van der Waals surface area contributed by atoms with Crippen molar-refractivity contribution in [3.8, 4) is 5.75 Å². The van der Waals surface area contributed by atoms with E-state index in [2.05, 4.69) is 9.57 Å². The third kappa shape index (κ3) is 2.40. The van der Waals surface area contributed by atoms with Crippen molar-refractivity contribution in [1.82, 2.24) is 0 Å². The number of methoxy groups -OCH3 is 1. The van der Waals surface area contributed by atoms with E-state index < -0.39 is 23.2 Å². The molecule has 0 saturated carbocycles. The number of hydrogen-bond donors (Lipinski definition) is 1. The van der Waals surface area contributed by atoms with Crippen LogP contribution >= 0.6 is 0 Å². The van der Waals surface area contributed by atoms with Crippen LogP contribution in [0.15, 0.2) is 6.07 Å². The quantitative estimate of drug-likeness (QED) is 0.619. The van der Waals surface area contributed by atoms with Crippen molar-refractivity contribution < 1.29 is 22.7 Å². The average molecular weight is 221 g/mol. The Morgan fingerprint density at radius 3 is 2.47 bits per heavy atom. The molecule has 1 rings (SSSR count). The second-order valence-corrected chi connectivity index (χ2v) is 2.80. The maximum Gasteiger partial charge on any atom is 0.203 e. The van der Waals surface area contributed by atoms with E-state index in [1.54, 1.807) is 0 Å². The molecule has 6 heteroatoms. The van der Waals surface area contributed by atoms with Gasteiger partial charge in [-0.2, -0.15) is 4.39 Å². The number of hydrogen-bond acceptors (Lipinski definition) is 3. The van der Waals surface area contributed by atoms with Crippen molar-refractivity contribution in [1.29, 1.82) is 0 Å². The summed E-state index contributed by atoms with van der Waals surface area (Å²) in [6.07, 6.45) is 0.0376. The normalized spacial score (nSPS) is 10.5. The summed E-state index contributed by atoms with van der Waals surface area (Å²) in [6.45, 7) is 0.00511. The van der Waals surface area contributed by atoms with Gasteiger partial charge in [0.2, 0.25) is 5.82 Å². The molecule has 1 aromatic rings. The van der Waals surface area contributed by atoms with Gasteiger partial charge in [0, 0.05) is 6.42 Å². The summed E-state index contributed by atoms with van der Waals surface area (Å²) in [7, 11) is 1.06. The van der Waals surface area contributed by atoms with Crippen LogP contribution in [0.25, 0.3) is 0 Å². The first-order valence-corrected chi connectivity index (χ1v) is 4.13. The summed E-state index contributed by atoms with van der Waals surface area (Å²) in [6, 6.07) is 0.756.